The maximum absolute atomic E-state index is 16.0. The maximum Gasteiger partial charge on any atom is 0.170 e. The molecule has 4 aromatic rings. The summed E-state index contributed by atoms with van der Waals surface area (Å²) in [6, 6.07) is 13.1. The summed E-state index contributed by atoms with van der Waals surface area (Å²) in [6.45, 7) is 7.62. The molecule has 3 aromatic carbocycles. The molecule has 0 saturated heterocycles. The van der Waals surface area contributed by atoms with E-state index in [1.807, 2.05) is 37.3 Å². The van der Waals surface area contributed by atoms with Crippen molar-refractivity contribution in [1.82, 2.24) is 4.57 Å². The number of para-hydroxylation sites is 1. The summed E-state index contributed by atoms with van der Waals surface area (Å²) < 4.78 is 65.9. The normalized spacial score (nSPS) is 20.4. The Hall–Kier alpha value is -4.06. The number of halogens is 4. The molecule has 0 N–H and O–H groups in total. The minimum atomic E-state index is -1.38. The van der Waals surface area contributed by atoms with Gasteiger partial charge in [0.25, 0.3) is 0 Å². The van der Waals surface area contributed by atoms with E-state index < -0.39 is 39.9 Å². The zero-order chi connectivity index (χ0) is 30.0. The Morgan fingerprint density at radius 1 is 0.860 bits per heavy atom. The molecule has 6 heteroatoms. The summed E-state index contributed by atoms with van der Waals surface area (Å²) in [5.41, 5.74) is 3.55. The van der Waals surface area contributed by atoms with E-state index in [1.165, 1.54) is 5.56 Å². The van der Waals surface area contributed by atoms with Crippen LogP contribution in [-0.4, -0.2) is 16.7 Å². The number of rotatable bonds is 6. The first-order chi connectivity index (χ1) is 20.8. The van der Waals surface area contributed by atoms with Crippen LogP contribution in [-0.2, 0) is 13.0 Å². The van der Waals surface area contributed by atoms with Gasteiger partial charge in [-0.1, -0.05) is 68.5 Å². The molecule has 0 fully saturated rings. The molecule has 220 valence electrons. The Balaban J connectivity index is 1.36. The third-order valence-corrected chi connectivity index (χ3v) is 9.48. The van der Waals surface area contributed by atoms with Crippen LogP contribution in [0.3, 0.4) is 0 Å². The highest BCUT2D eigenvalue weighted by molar-refractivity contribution is 5.92. The molecular weight excluding hydrogens is 548 g/mol. The highest BCUT2D eigenvalue weighted by Gasteiger charge is 2.47. The summed E-state index contributed by atoms with van der Waals surface area (Å²) in [7, 11) is 0. The van der Waals surface area contributed by atoms with Crippen molar-refractivity contribution >= 4 is 28.2 Å². The SMILES string of the molecule is CCCN1c2ccccc2C2C=CC(c3c(F)c(F)c(-c4ccc5c6c(n(CCC)c5c4)C=CCC6)c(F)c3F)=CC21C. The van der Waals surface area contributed by atoms with E-state index in [1.54, 1.807) is 24.3 Å². The number of aromatic nitrogens is 1. The Morgan fingerprint density at radius 2 is 1.58 bits per heavy atom. The van der Waals surface area contributed by atoms with E-state index in [2.05, 4.69) is 41.5 Å². The molecule has 0 bridgehead atoms. The van der Waals surface area contributed by atoms with Crippen molar-refractivity contribution in [3.05, 3.63) is 112 Å². The van der Waals surface area contributed by atoms with Gasteiger partial charge < -0.3 is 9.47 Å². The van der Waals surface area contributed by atoms with Gasteiger partial charge in [0.1, 0.15) is 0 Å². The number of hydrogen-bond acceptors (Lipinski definition) is 1. The van der Waals surface area contributed by atoms with Gasteiger partial charge in [0, 0.05) is 41.3 Å². The zero-order valence-corrected chi connectivity index (χ0v) is 24.7. The van der Waals surface area contributed by atoms with E-state index in [-0.39, 0.29) is 17.1 Å². The lowest BCUT2D eigenvalue weighted by Gasteiger charge is -2.40. The zero-order valence-electron chi connectivity index (χ0n) is 24.7. The summed E-state index contributed by atoms with van der Waals surface area (Å²) in [5, 5.41) is 1.00. The molecule has 1 aliphatic heterocycles. The molecule has 1 aromatic heterocycles. The van der Waals surface area contributed by atoms with Crippen molar-refractivity contribution in [1.29, 1.82) is 0 Å². The standard InChI is InChI=1S/C37H34F4N2/c1-4-18-42-28-12-8-6-10-24(28)25-16-14-22(20-30(25)42)31-33(38)35(40)32(36(41)34(31)39)23-15-17-27-26-11-7-9-13-29(26)43(19-5-2)37(27,3)21-23/h7-9,11-17,20-21,27H,4-6,10,18-19H2,1-3H3. The van der Waals surface area contributed by atoms with Gasteiger partial charge in [0.15, 0.2) is 23.3 Å². The van der Waals surface area contributed by atoms with Crippen LogP contribution < -0.4 is 4.90 Å². The summed E-state index contributed by atoms with van der Waals surface area (Å²) in [4.78, 5) is 2.23. The second-order valence-corrected chi connectivity index (χ2v) is 12.1. The van der Waals surface area contributed by atoms with Crippen LogP contribution in [0.5, 0.6) is 0 Å². The van der Waals surface area contributed by atoms with Gasteiger partial charge in [-0.2, -0.15) is 0 Å². The molecule has 2 atom stereocenters. The van der Waals surface area contributed by atoms with Gasteiger partial charge in [0.05, 0.1) is 16.7 Å². The first-order valence-electron chi connectivity index (χ1n) is 15.3. The van der Waals surface area contributed by atoms with E-state index in [0.29, 0.717) is 0 Å². The van der Waals surface area contributed by atoms with Crippen LogP contribution in [0.2, 0.25) is 0 Å². The lowest BCUT2D eigenvalue weighted by Crippen LogP contribution is -2.45. The third-order valence-electron chi connectivity index (χ3n) is 9.48. The van der Waals surface area contributed by atoms with Gasteiger partial charge in [-0.3, -0.25) is 0 Å². The molecule has 3 aliphatic rings. The molecule has 0 radical (unpaired) electrons. The van der Waals surface area contributed by atoms with Crippen LogP contribution in [0.15, 0.2) is 66.8 Å². The molecule has 0 saturated carbocycles. The molecular formula is C37H34F4N2. The molecule has 0 spiro atoms. The number of nitrogens with zero attached hydrogens (tertiary/aromatic N) is 2. The molecule has 2 heterocycles. The van der Waals surface area contributed by atoms with E-state index in [9.17, 15) is 0 Å². The van der Waals surface area contributed by atoms with Gasteiger partial charge >= 0.3 is 0 Å². The predicted molar refractivity (Wildman–Crippen MR) is 167 cm³/mol. The molecule has 7 rings (SSSR count). The average Bonchev–Trinajstić information content (AvgIpc) is 3.45. The maximum atomic E-state index is 16.0. The fourth-order valence-electron chi connectivity index (χ4n) is 7.58. The Labute approximate surface area is 249 Å². The summed E-state index contributed by atoms with van der Waals surface area (Å²) in [6.07, 6.45) is 13.0. The summed E-state index contributed by atoms with van der Waals surface area (Å²) >= 11 is 0. The fraction of sp³-hybridized carbons (Fsp3) is 0.297. The fourth-order valence-corrected chi connectivity index (χ4v) is 7.58. The number of hydrogen-bond donors (Lipinski definition) is 0. The first-order valence-corrected chi connectivity index (χ1v) is 15.3. The van der Waals surface area contributed by atoms with Gasteiger partial charge in [-0.25, -0.2) is 17.6 Å². The van der Waals surface area contributed by atoms with Gasteiger partial charge in [0.2, 0.25) is 0 Å². The van der Waals surface area contributed by atoms with Crippen LogP contribution in [0.1, 0.15) is 68.3 Å². The number of fused-ring (bicyclic) bond motifs is 6. The predicted octanol–water partition coefficient (Wildman–Crippen LogP) is 9.96. The number of benzene rings is 3. The lowest BCUT2D eigenvalue weighted by molar-refractivity contribution is 0.453. The highest BCUT2D eigenvalue weighted by Crippen LogP contribution is 2.52. The molecule has 0 amide bonds. The van der Waals surface area contributed by atoms with E-state index in [0.717, 1.165) is 66.6 Å². The molecule has 2 unspecified atom stereocenters. The lowest BCUT2D eigenvalue weighted by atomic mass is 9.77. The van der Waals surface area contributed by atoms with Crippen molar-refractivity contribution < 1.29 is 17.6 Å². The van der Waals surface area contributed by atoms with Crippen molar-refractivity contribution in [2.75, 3.05) is 11.4 Å². The largest absolute Gasteiger partial charge is 0.361 e. The average molecular weight is 583 g/mol. The van der Waals surface area contributed by atoms with Gasteiger partial charge in [-0.05, 0) is 73.1 Å². The van der Waals surface area contributed by atoms with Crippen LogP contribution in [0.4, 0.5) is 23.2 Å². The van der Waals surface area contributed by atoms with Crippen molar-refractivity contribution in [2.45, 2.75) is 64.5 Å². The van der Waals surface area contributed by atoms with E-state index >= 15 is 17.6 Å². The van der Waals surface area contributed by atoms with Crippen LogP contribution in [0, 0.1) is 23.3 Å². The molecule has 2 aliphatic carbocycles. The second-order valence-electron chi connectivity index (χ2n) is 12.1. The minimum Gasteiger partial charge on any atom is -0.361 e. The van der Waals surface area contributed by atoms with Crippen molar-refractivity contribution in [3.63, 3.8) is 0 Å². The smallest absolute Gasteiger partial charge is 0.170 e. The monoisotopic (exact) mass is 582 g/mol. The van der Waals surface area contributed by atoms with Crippen molar-refractivity contribution in [2.24, 2.45) is 0 Å². The van der Waals surface area contributed by atoms with Crippen molar-refractivity contribution in [3.8, 4) is 11.1 Å². The van der Waals surface area contributed by atoms with E-state index in [4.69, 9.17) is 0 Å². The second kappa shape index (κ2) is 10.3. The van der Waals surface area contributed by atoms with Gasteiger partial charge in [-0.15, -0.1) is 0 Å². The number of allylic oxidation sites excluding steroid dienone is 3. The molecule has 43 heavy (non-hydrogen) atoms. The van der Waals surface area contributed by atoms with Crippen LogP contribution >= 0.6 is 0 Å². The highest BCUT2D eigenvalue weighted by atomic mass is 19.2. The molecule has 2 nitrogen and oxygen atoms in total. The topological polar surface area (TPSA) is 8.17 Å². The number of aryl methyl sites for hydroxylation is 2. The van der Waals surface area contributed by atoms with Crippen LogP contribution in [0.25, 0.3) is 33.7 Å². The summed E-state index contributed by atoms with van der Waals surface area (Å²) in [5.74, 6) is -5.57. The quantitative estimate of drug-likeness (QED) is 0.162. The Bertz CT molecular complexity index is 1850. The Morgan fingerprint density at radius 3 is 2.33 bits per heavy atom. The Kier molecular flexibility index (Phi) is 6.64. The third kappa shape index (κ3) is 3.98. The first kappa shape index (κ1) is 27.8. The number of anilines is 1. The minimum absolute atomic E-state index is 0.0501.